The summed E-state index contributed by atoms with van der Waals surface area (Å²) in [6.07, 6.45) is 2.13. The van der Waals surface area contributed by atoms with Gasteiger partial charge in [0.05, 0.1) is 7.11 Å². The summed E-state index contributed by atoms with van der Waals surface area (Å²) in [5, 5.41) is 2.73. The molecule has 2 aromatic rings. The molecule has 1 amide bonds. The van der Waals surface area contributed by atoms with Crippen molar-refractivity contribution in [2.24, 2.45) is 4.99 Å². The smallest absolute Gasteiger partial charge is 0.275 e. The predicted molar refractivity (Wildman–Crippen MR) is 86.7 cm³/mol. The highest BCUT2D eigenvalue weighted by Gasteiger charge is 2.20. The Morgan fingerprint density at radius 3 is 2.65 bits per heavy atom. The molecule has 1 aliphatic heterocycles. The van der Waals surface area contributed by atoms with Gasteiger partial charge in [-0.2, -0.15) is 0 Å². The molecule has 0 aliphatic carbocycles. The number of benzene rings is 2. The number of amidine groups is 1. The number of carbonyl (C=O) groups is 1. The van der Waals surface area contributed by atoms with Crippen LogP contribution in [0.1, 0.15) is 11.1 Å². The van der Waals surface area contributed by atoms with Crippen molar-refractivity contribution in [2.45, 2.75) is 6.42 Å². The van der Waals surface area contributed by atoms with Crippen LogP contribution in [0, 0.1) is 5.82 Å². The number of ether oxygens (including phenoxy) is 1. The topological polar surface area (TPSA) is 50.7 Å². The summed E-state index contributed by atoms with van der Waals surface area (Å²) in [6.45, 7) is 0. The van der Waals surface area contributed by atoms with Gasteiger partial charge in [-0.05, 0) is 29.8 Å². The molecule has 4 nitrogen and oxygen atoms in total. The van der Waals surface area contributed by atoms with Crippen molar-refractivity contribution in [3.05, 3.63) is 71.2 Å². The third-order valence-electron chi connectivity index (χ3n) is 3.46. The number of nitrogens with one attached hydrogen (secondary N) is 1. The van der Waals surface area contributed by atoms with Crippen molar-refractivity contribution in [3.63, 3.8) is 0 Å². The number of rotatable bonds is 4. The second-order valence-electron chi connectivity index (χ2n) is 5.09. The number of halogens is 1. The molecular formula is C18H15FN2O2. The molecule has 0 radical (unpaired) electrons. The minimum Gasteiger partial charge on any atom is -0.496 e. The van der Waals surface area contributed by atoms with Gasteiger partial charge in [-0.3, -0.25) is 4.79 Å². The second-order valence-corrected chi connectivity index (χ2v) is 5.09. The maximum Gasteiger partial charge on any atom is 0.275 e. The lowest BCUT2D eigenvalue weighted by Gasteiger charge is -2.03. The number of hydrogen-bond donors (Lipinski definition) is 1. The molecule has 23 heavy (non-hydrogen) atoms. The number of para-hydroxylation sites is 1. The Bertz CT molecular complexity index is 795. The van der Waals surface area contributed by atoms with E-state index < -0.39 is 0 Å². The first kappa shape index (κ1) is 15.0. The van der Waals surface area contributed by atoms with Gasteiger partial charge >= 0.3 is 0 Å². The van der Waals surface area contributed by atoms with Crippen LogP contribution >= 0.6 is 0 Å². The predicted octanol–water partition coefficient (Wildman–Crippen LogP) is 2.95. The quantitative estimate of drug-likeness (QED) is 0.883. The molecule has 0 saturated heterocycles. The zero-order valence-electron chi connectivity index (χ0n) is 12.5. The molecule has 1 aliphatic rings. The van der Waals surface area contributed by atoms with Crippen LogP contribution in [0.4, 0.5) is 4.39 Å². The lowest BCUT2D eigenvalue weighted by Crippen LogP contribution is -2.25. The van der Waals surface area contributed by atoms with Crippen LogP contribution in [0.25, 0.3) is 6.08 Å². The second kappa shape index (κ2) is 6.44. The molecular weight excluding hydrogens is 295 g/mol. The zero-order valence-corrected chi connectivity index (χ0v) is 12.5. The van der Waals surface area contributed by atoms with Gasteiger partial charge in [0.25, 0.3) is 5.91 Å². The van der Waals surface area contributed by atoms with Gasteiger partial charge in [-0.25, -0.2) is 9.38 Å². The Hall–Kier alpha value is -2.95. The fourth-order valence-electron chi connectivity index (χ4n) is 2.33. The molecule has 1 heterocycles. The van der Waals surface area contributed by atoms with Gasteiger partial charge in [0.1, 0.15) is 23.1 Å². The summed E-state index contributed by atoms with van der Waals surface area (Å²) < 4.78 is 18.2. The van der Waals surface area contributed by atoms with Crippen LogP contribution in [0.15, 0.2) is 59.2 Å². The molecule has 3 rings (SSSR count). The summed E-state index contributed by atoms with van der Waals surface area (Å²) in [7, 11) is 1.58. The van der Waals surface area contributed by atoms with Crippen molar-refractivity contribution in [2.75, 3.05) is 7.11 Å². The standard InChI is InChI=1S/C18H15FN2O2/c1-23-16-5-3-2-4-13(16)11-15-18(22)21-17(20-15)10-12-6-8-14(19)9-7-12/h2-9,11H,10H2,1H3,(H,20,21,22)/b15-11-. The van der Waals surface area contributed by atoms with Crippen LogP contribution in [0.5, 0.6) is 5.75 Å². The van der Waals surface area contributed by atoms with Crippen molar-refractivity contribution >= 4 is 17.8 Å². The zero-order chi connectivity index (χ0) is 16.2. The number of methoxy groups -OCH3 is 1. The average molecular weight is 310 g/mol. The van der Waals surface area contributed by atoms with E-state index in [-0.39, 0.29) is 11.7 Å². The van der Waals surface area contributed by atoms with Crippen molar-refractivity contribution in [3.8, 4) is 5.75 Å². The fourth-order valence-corrected chi connectivity index (χ4v) is 2.33. The Labute approximate surface area is 133 Å². The van der Waals surface area contributed by atoms with E-state index in [1.807, 2.05) is 24.3 Å². The highest BCUT2D eigenvalue weighted by molar-refractivity contribution is 6.14. The summed E-state index contributed by atoms with van der Waals surface area (Å²) in [6, 6.07) is 13.5. The summed E-state index contributed by atoms with van der Waals surface area (Å²) >= 11 is 0. The van der Waals surface area contributed by atoms with Gasteiger partial charge in [-0.1, -0.05) is 30.3 Å². The molecule has 2 aromatic carbocycles. The minimum atomic E-state index is -0.289. The van der Waals surface area contributed by atoms with E-state index in [9.17, 15) is 9.18 Å². The largest absolute Gasteiger partial charge is 0.496 e. The summed E-state index contributed by atoms with van der Waals surface area (Å²) in [5.41, 5.74) is 1.99. The van der Waals surface area contributed by atoms with E-state index in [0.29, 0.717) is 23.7 Å². The van der Waals surface area contributed by atoms with E-state index in [4.69, 9.17) is 4.74 Å². The molecule has 0 atom stereocenters. The molecule has 0 spiro atoms. The number of hydrogen-bond acceptors (Lipinski definition) is 3. The highest BCUT2D eigenvalue weighted by Crippen LogP contribution is 2.22. The van der Waals surface area contributed by atoms with Crippen molar-refractivity contribution < 1.29 is 13.9 Å². The molecule has 116 valence electrons. The van der Waals surface area contributed by atoms with E-state index in [1.54, 1.807) is 25.3 Å². The van der Waals surface area contributed by atoms with E-state index in [1.165, 1.54) is 12.1 Å². The van der Waals surface area contributed by atoms with Gasteiger partial charge in [0, 0.05) is 12.0 Å². The molecule has 0 unspecified atom stereocenters. The van der Waals surface area contributed by atoms with Crippen LogP contribution in [-0.2, 0) is 11.2 Å². The van der Waals surface area contributed by atoms with Crippen molar-refractivity contribution in [1.82, 2.24) is 5.32 Å². The van der Waals surface area contributed by atoms with Crippen LogP contribution in [-0.4, -0.2) is 18.9 Å². The fraction of sp³-hybridized carbons (Fsp3) is 0.111. The van der Waals surface area contributed by atoms with Gasteiger partial charge in [0.2, 0.25) is 0 Å². The monoisotopic (exact) mass is 310 g/mol. The molecule has 0 bridgehead atoms. The van der Waals surface area contributed by atoms with Gasteiger partial charge in [0.15, 0.2) is 0 Å². The number of aliphatic imine (C=N–C) groups is 1. The molecule has 0 fully saturated rings. The summed E-state index contributed by atoms with van der Waals surface area (Å²) in [5.74, 6) is 0.675. The molecule has 0 aromatic heterocycles. The van der Waals surface area contributed by atoms with E-state index in [0.717, 1.165) is 11.1 Å². The SMILES string of the molecule is COc1ccccc1/C=C1\N=C(Cc2ccc(F)cc2)NC1=O. The first-order valence-electron chi connectivity index (χ1n) is 7.14. The number of carbonyl (C=O) groups excluding carboxylic acids is 1. The van der Waals surface area contributed by atoms with Crippen LogP contribution in [0.3, 0.4) is 0 Å². The first-order valence-corrected chi connectivity index (χ1v) is 7.14. The average Bonchev–Trinajstić information content (AvgIpc) is 2.90. The maximum absolute atomic E-state index is 12.9. The Morgan fingerprint density at radius 2 is 1.91 bits per heavy atom. The number of amides is 1. The van der Waals surface area contributed by atoms with E-state index >= 15 is 0 Å². The Kier molecular flexibility index (Phi) is 4.19. The molecule has 5 heteroatoms. The normalized spacial score (nSPS) is 15.5. The van der Waals surface area contributed by atoms with Crippen LogP contribution < -0.4 is 10.1 Å². The first-order chi connectivity index (χ1) is 11.2. The van der Waals surface area contributed by atoms with E-state index in [2.05, 4.69) is 10.3 Å². The van der Waals surface area contributed by atoms with Gasteiger partial charge < -0.3 is 10.1 Å². The van der Waals surface area contributed by atoms with Crippen molar-refractivity contribution in [1.29, 1.82) is 0 Å². The molecule has 0 saturated carbocycles. The summed E-state index contributed by atoms with van der Waals surface area (Å²) in [4.78, 5) is 16.4. The molecule has 1 N–H and O–H groups in total. The maximum atomic E-state index is 12.9. The minimum absolute atomic E-state index is 0.256. The third-order valence-corrected chi connectivity index (χ3v) is 3.46. The number of nitrogens with zero attached hydrogens (tertiary/aromatic N) is 1. The lowest BCUT2D eigenvalue weighted by atomic mass is 10.1. The Morgan fingerprint density at radius 1 is 1.17 bits per heavy atom. The third kappa shape index (κ3) is 3.45. The van der Waals surface area contributed by atoms with Gasteiger partial charge in [-0.15, -0.1) is 0 Å². The van der Waals surface area contributed by atoms with Crippen LogP contribution in [0.2, 0.25) is 0 Å². The Balaban J connectivity index is 1.83. The lowest BCUT2D eigenvalue weighted by molar-refractivity contribution is -0.115. The highest BCUT2D eigenvalue weighted by atomic mass is 19.1.